The molecule has 1 heterocycles. The van der Waals surface area contributed by atoms with Gasteiger partial charge < -0.3 is 10.2 Å². The molecule has 0 atom stereocenters. The number of aryl methyl sites for hydroxylation is 2. The maximum atomic E-state index is 10.2. The van der Waals surface area contributed by atoms with Crippen molar-refractivity contribution < 1.29 is 15.0 Å². The zero-order valence-corrected chi connectivity index (χ0v) is 6.69. The molecule has 0 aliphatic rings. The minimum atomic E-state index is -0.877. The maximum absolute atomic E-state index is 10.2. The quantitative estimate of drug-likeness (QED) is 0.676. The van der Waals surface area contributed by atoms with E-state index >= 15 is 0 Å². The second kappa shape index (κ2) is 3.25. The third-order valence-corrected chi connectivity index (χ3v) is 1.59. The van der Waals surface area contributed by atoms with E-state index < -0.39 is 5.97 Å². The summed E-state index contributed by atoms with van der Waals surface area (Å²) in [5, 5.41) is 21.4. The minimum absolute atomic E-state index is 0.0131. The summed E-state index contributed by atoms with van der Waals surface area (Å²) in [5.41, 5.74) is 0.569. The van der Waals surface area contributed by atoms with Crippen LogP contribution in [0.25, 0.3) is 0 Å². The smallest absolute Gasteiger partial charge is 0.303 e. The molecule has 2 N–H and O–H groups in total. The summed E-state index contributed by atoms with van der Waals surface area (Å²) >= 11 is 0. The van der Waals surface area contributed by atoms with E-state index in [0.29, 0.717) is 12.0 Å². The van der Waals surface area contributed by atoms with Crippen LogP contribution in [0.15, 0.2) is 6.20 Å². The van der Waals surface area contributed by atoms with E-state index in [-0.39, 0.29) is 12.3 Å². The Kier molecular flexibility index (Phi) is 2.32. The Balaban J connectivity index is 2.63. The third kappa shape index (κ3) is 1.75. The van der Waals surface area contributed by atoms with Crippen molar-refractivity contribution in [3.05, 3.63) is 11.8 Å². The molecule has 0 radical (unpaired) electrons. The molecular weight excluding hydrogens is 160 g/mol. The lowest BCUT2D eigenvalue weighted by Gasteiger charge is -1.95. The van der Waals surface area contributed by atoms with Crippen LogP contribution in [0.4, 0.5) is 0 Å². The lowest BCUT2D eigenvalue weighted by Crippen LogP contribution is -1.97. The molecule has 5 heteroatoms. The van der Waals surface area contributed by atoms with E-state index in [2.05, 4.69) is 5.10 Å². The topological polar surface area (TPSA) is 75.4 Å². The van der Waals surface area contributed by atoms with Gasteiger partial charge in [0.25, 0.3) is 0 Å². The van der Waals surface area contributed by atoms with E-state index in [1.54, 1.807) is 7.05 Å². The third-order valence-electron chi connectivity index (χ3n) is 1.59. The van der Waals surface area contributed by atoms with E-state index in [0.717, 1.165) is 0 Å². The highest BCUT2D eigenvalue weighted by atomic mass is 16.4. The Morgan fingerprint density at radius 2 is 2.42 bits per heavy atom. The molecule has 66 valence electrons. The Morgan fingerprint density at radius 1 is 1.75 bits per heavy atom. The molecule has 12 heavy (non-hydrogen) atoms. The van der Waals surface area contributed by atoms with Gasteiger partial charge in [0.2, 0.25) is 5.88 Å². The normalized spacial score (nSPS) is 10.1. The van der Waals surface area contributed by atoms with Gasteiger partial charge in [-0.05, 0) is 6.42 Å². The zero-order chi connectivity index (χ0) is 9.14. The van der Waals surface area contributed by atoms with Gasteiger partial charge in [-0.1, -0.05) is 0 Å². The van der Waals surface area contributed by atoms with Gasteiger partial charge in [-0.2, -0.15) is 5.10 Å². The molecule has 0 saturated heterocycles. The fourth-order valence-electron chi connectivity index (χ4n) is 0.895. The van der Waals surface area contributed by atoms with Crippen molar-refractivity contribution in [3.63, 3.8) is 0 Å². The van der Waals surface area contributed by atoms with Gasteiger partial charge >= 0.3 is 5.97 Å². The van der Waals surface area contributed by atoms with Gasteiger partial charge in [0.05, 0.1) is 6.20 Å². The van der Waals surface area contributed by atoms with E-state index in [1.807, 2.05) is 0 Å². The summed E-state index contributed by atoms with van der Waals surface area (Å²) in [7, 11) is 1.60. The summed E-state index contributed by atoms with van der Waals surface area (Å²) < 4.78 is 1.30. The van der Waals surface area contributed by atoms with Crippen LogP contribution in [0.1, 0.15) is 12.0 Å². The van der Waals surface area contributed by atoms with Gasteiger partial charge in [-0.3, -0.25) is 4.79 Å². The summed E-state index contributed by atoms with van der Waals surface area (Å²) in [5.74, 6) is -0.838. The van der Waals surface area contributed by atoms with Crippen molar-refractivity contribution in [2.24, 2.45) is 7.05 Å². The fraction of sp³-hybridized carbons (Fsp3) is 0.429. The molecule has 1 rings (SSSR count). The number of hydrogen-bond donors (Lipinski definition) is 2. The molecule has 0 saturated carbocycles. The van der Waals surface area contributed by atoms with Crippen molar-refractivity contribution in [3.8, 4) is 5.88 Å². The molecule has 0 spiro atoms. The van der Waals surface area contributed by atoms with Crippen LogP contribution < -0.4 is 0 Å². The van der Waals surface area contributed by atoms with E-state index in [4.69, 9.17) is 5.11 Å². The van der Waals surface area contributed by atoms with E-state index in [1.165, 1.54) is 10.9 Å². The van der Waals surface area contributed by atoms with Crippen LogP contribution >= 0.6 is 0 Å². The monoisotopic (exact) mass is 170 g/mol. The first-order valence-electron chi connectivity index (χ1n) is 3.53. The molecule has 0 fully saturated rings. The molecule has 0 aliphatic heterocycles. The number of rotatable bonds is 3. The number of aromatic nitrogens is 2. The molecular formula is C7H10N2O3. The lowest BCUT2D eigenvalue weighted by molar-refractivity contribution is -0.136. The molecule has 1 aromatic heterocycles. The van der Waals surface area contributed by atoms with Gasteiger partial charge in [0, 0.05) is 19.0 Å². The Hall–Kier alpha value is -1.52. The van der Waals surface area contributed by atoms with Crippen LogP contribution in [0.5, 0.6) is 5.88 Å². The molecule has 0 amide bonds. The number of carbonyl (C=O) groups is 1. The van der Waals surface area contributed by atoms with Crippen molar-refractivity contribution in [2.75, 3.05) is 0 Å². The van der Waals surface area contributed by atoms with Crippen LogP contribution in [0, 0.1) is 0 Å². The standard InChI is InChI=1S/C7H10N2O3/c1-9-7(12)5(4-8-9)2-3-6(10)11/h4,12H,2-3H2,1H3,(H,10,11). The fourth-order valence-corrected chi connectivity index (χ4v) is 0.895. The van der Waals surface area contributed by atoms with Gasteiger partial charge in [0.15, 0.2) is 0 Å². The predicted molar refractivity (Wildman–Crippen MR) is 40.8 cm³/mol. The number of aromatic hydroxyl groups is 1. The van der Waals surface area contributed by atoms with Crippen molar-refractivity contribution in [1.29, 1.82) is 0 Å². The second-order valence-electron chi connectivity index (χ2n) is 2.51. The van der Waals surface area contributed by atoms with Crippen LogP contribution in [0.3, 0.4) is 0 Å². The summed E-state index contributed by atoms with van der Waals surface area (Å²) in [6.07, 6.45) is 1.80. The number of hydrogen-bond acceptors (Lipinski definition) is 3. The first kappa shape index (κ1) is 8.58. The highest BCUT2D eigenvalue weighted by Gasteiger charge is 2.07. The molecule has 0 aromatic carbocycles. The van der Waals surface area contributed by atoms with Crippen LogP contribution in [-0.4, -0.2) is 26.0 Å². The lowest BCUT2D eigenvalue weighted by atomic mass is 10.2. The number of carboxylic acid groups (broad SMARTS) is 1. The molecule has 0 bridgehead atoms. The Labute approximate surface area is 69.2 Å². The number of nitrogens with zero attached hydrogens (tertiary/aromatic N) is 2. The SMILES string of the molecule is Cn1ncc(CCC(=O)O)c1O. The van der Waals surface area contributed by atoms with Gasteiger partial charge in [0.1, 0.15) is 0 Å². The van der Waals surface area contributed by atoms with E-state index in [9.17, 15) is 9.90 Å². The van der Waals surface area contributed by atoms with Gasteiger partial charge in [-0.25, -0.2) is 4.68 Å². The van der Waals surface area contributed by atoms with Crippen LogP contribution in [-0.2, 0) is 18.3 Å². The zero-order valence-electron chi connectivity index (χ0n) is 6.69. The Bertz CT molecular complexity index is 293. The molecule has 0 aliphatic carbocycles. The van der Waals surface area contributed by atoms with Crippen molar-refractivity contribution >= 4 is 5.97 Å². The summed E-state index contributed by atoms with van der Waals surface area (Å²) in [4.78, 5) is 10.2. The summed E-state index contributed by atoms with van der Waals surface area (Å²) in [6.45, 7) is 0. The van der Waals surface area contributed by atoms with Crippen molar-refractivity contribution in [1.82, 2.24) is 9.78 Å². The molecule has 1 aromatic rings. The number of carboxylic acids is 1. The van der Waals surface area contributed by atoms with Crippen LogP contribution in [0.2, 0.25) is 0 Å². The molecule has 5 nitrogen and oxygen atoms in total. The molecule has 0 unspecified atom stereocenters. The maximum Gasteiger partial charge on any atom is 0.303 e. The summed E-state index contributed by atoms with van der Waals surface area (Å²) in [6, 6.07) is 0. The number of aliphatic carboxylic acids is 1. The first-order valence-corrected chi connectivity index (χ1v) is 3.53. The predicted octanol–water partition coefficient (Wildman–Crippen LogP) is 0.143. The second-order valence-corrected chi connectivity index (χ2v) is 2.51. The largest absolute Gasteiger partial charge is 0.493 e. The average molecular weight is 170 g/mol. The highest BCUT2D eigenvalue weighted by molar-refractivity contribution is 5.67. The minimum Gasteiger partial charge on any atom is -0.493 e. The van der Waals surface area contributed by atoms with Crippen molar-refractivity contribution in [2.45, 2.75) is 12.8 Å². The average Bonchev–Trinajstić information content (AvgIpc) is 2.30. The first-order chi connectivity index (χ1) is 5.61. The van der Waals surface area contributed by atoms with Gasteiger partial charge in [-0.15, -0.1) is 0 Å². The highest BCUT2D eigenvalue weighted by Crippen LogP contribution is 2.15. The Morgan fingerprint density at radius 3 is 2.83 bits per heavy atom.